The molecule has 3 rings (SSSR count). The minimum Gasteiger partial charge on any atom is -0.496 e. The lowest BCUT2D eigenvalue weighted by molar-refractivity contribution is -0.119. The van der Waals surface area contributed by atoms with Gasteiger partial charge in [-0.3, -0.25) is 9.10 Å². The zero-order valence-electron chi connectivity index (χ0n) is 17.2. The van der Waals surface area contributed by atoms with E-state index >= 15 is 0 Å². The highest BCUT2D eigenvalue weighted by atomic mass is 35.5. The molecule has 8 heteroatoms. The molecule has 0 unspecified atom stereocenters. The first-order valence-electron chi connectivity index (χ1n) is 9.55. The van der Waals surface area contributed by atoms with Crippen LogP contribution >= 0.6 is 11.6 Å². The first-order valence-corrected chi connectivity index (χ1v) is 11.4. The molecule has 0 saturated heterocycles. The monoisotopic (exact) mass is 458 g/mol. The van der Waals surface area contributed by atoms with Crippen molar-refractivity contribution in [3.05, 3.63) is 88.9 Å². The normalized spacial score (nSPS) is 11.1. The fourth-order valence-corrected chi connectivity index (χ4v) is 4.61. The third kappa shape index (κ3) is 5.57. The van der Waals surface area contributed by atoms with Crippen molar-refractivity contribution in [1.29, 1.82) is 0 Å². The van der Waals surface area contributed by atoms with Crippen LogP contribution in [-0.2, 0) is 21.4 Å². The molecular formula is C23H23ClN2O4S. The number of benzene rings is 3. The van der Waals surface area contributed by atoms with Gasteiger partial charge in [-0.1, -0.05) is 53.6 Å². The number of amides is 1. The lowest BCUT2D eigenvalue weighted by Gasteiger charge is -2.24. The smallest absolute Gasteiger partial charge is 0.264 e. The van der Waals surface area contributed by atoms with Crippen LogP contribution in [0.4, 0.5) is 5.69 Å². The molecule has 0 atom stereocenters. The summed E-state index contributed by atoms with van der Waals surface area (Å²) < 4.78 is 33.0. The van der Waals surface area contributed by atoms with Gasteiger partial charge in [0.05, 0.1) is 17.7 Å². The van der Waals surface area contributed by atoms with Gasteiger partial charge in [0, 0.05) is 17.1 Å². The number of nitrogens with one attached hydrogen (secondary N) is 1. The third-order valence-electron chi connectivity index (χ3n) is 4.66. The van der Waals surface area contributed by atoms with Gasteiger partial charge in [-0.2, -0.15) is 0 Å². The van der Waals surface area contributed by atoms with E-state index in [1.807, 2.05) is 25.1 Å². The molecule has 0 aliphatic heterocycles. The minimum atomic E-state index is -3.99. The summed E-state index contributed by atoms with van der Waals surface area (Å²) in [6.07, 6.45) is 0. The number of aryl methyl sites for hydroxylation is 1. The average Bonchev–Trinajstić information content (AvgIpc) is 2.76. The molecule has 0 bridgehead atoms. The van der Waals surface area contributed by atoms with Crippen LogP contribution in [0.5, 0.6) is 5.75 Å². The molecule has 0 saturated carbocycles. The number of ether oxygens (including phenoxy) is 1. The maximum atomic E-state index is 13.3. The van der Waals surface area contributed by atoms with E-state index in [2.05, 4.69) is 5.32 Å². The van der Waals surface area contributed by atoms with Gasteiger partial charge in [0.25, 0.3) is 10.0 Å². The van der Waals surface area contributed by atoms with Gasteiger partial charge in [0.2, 0.25) is 5.91 Å². The molecule has 0 aliphatic rings. The summed E-state index contributed by atoms with van der Waals surface area (Å²) in [5, 5.41) is 3.13. The van der Waals surface area contributed by atoms with Crippen molar-refractivity contribution in [3.8, 4) is 5.75 Å². The second kappa shape index (κ2) is 9.85. The first kappa shape index (κ1) is 22.7. The lowest BCUT2D eigenvalue weighted by atomic mass is 10.2. The van der Waals surface area contributed by atoms with Gasteiger partial charge < -0.3 is 10.1 Å². The number of para-hydroxylation sites is 1. The van der Waals surface area contributed by atoms with Gasteiger partial charge in [-0.25, -0.2) is 8.42 Å². The van der Waals surface area contributed by atoms with Crippen LogP contribution in [0.2, 0.25) is 5.02 Å². The minimum absolute atomic E-state index is 0.0932. The van der Waals surface area contributed by atoms with Crippen molar-refractivity contribution in [1.82, 2.24) is 5.32 Å². The van der Waals surface area contributed by atoms with Crippen LogP contribution in [0.3, 0.4) is 0 Å². The summed E-state index contributed by atoms with van der Waals surface area (Å²) in [5.41, 5.74) is 2.03. The molecule has 0 fully saturated rings. The molecule has 3 aromatic carbocycles. The molecule has 162 valence electrons. The van der Waals surface area contributed by atoms with Gasteiger partial charge in [0.1, 0.15) is 12.3 Å². The lowest BCUT2D eigenvalue weighted by Crippen LogP contribution is -2.40. The van der Waals surface area contributed by atoms with Crippen molar-refractivity contribution in [2.45, 2.75) is 18.4 Å². The largest absolute Gasteiger partial charge is 0.496 e. The Bertz CT molecular complexity index is 1160. The van der Waals surface area contributed by atoms with Crippen LogP contribution in [-0.4, -0.2) is 28.0 Å². The van der Waals surface area contributed by atoms with Crippen molar-refractivity contribution < 1.29 is 17.9 Å². The second-order valence-electron chi connectivity index (χ2n) is 6.89. The fraction of sp³-hybridized carbons (Fsp3) is 0.174. The molecule has 0 radical (unpaired) electrons. The Morgan fingerprint density at radius 1 is 1.03 bits per heavy atom. The number of halogens is 1. The van der Waals surface area contributed by atoms with Crippen LogP contribution in [0.1, 0.15) is 11.1 Å². The summed E-state index contributed by atoms with van der Waals surface area (Å²) in [6, 6.07) is 20.2. The number of carbonyl (C=O) groups excluding carboxylic acids is 1. The number of carbonyl (C=O) groups is 1. The molecular weight excluding hydrogens is 436 g/mol. The standard InChI is InChI=1S/C23H23ClN2O4S/c1-17-10-12-21(13-11-17)31(28,29)26(20-8-5-7-19(24)14-20)16-23(27)25-15-18-6-3-4-9-22(18)30-2/h3-14H,15-16H2,1-2H3,(H,25,27). The fourth-order valence-electron chi connectivity index (χ4n) is 3.01. The Kier molecular flexibility index (Phi) is 7.20. The van der Waals surface area contributed by atoms with Crippen molar-refractivity contribution in [3.63, 3.8) is 0 Å². The number of hydrogen-bond donors (Lipinski definition) is 1. The first-order chi connectivity index (χ1) is 14.8. The number of anilines is 1. The van der Waals surface area contributed by atoms with Gasteiger partial charge in [0.15, 0.2) is 0 Å². The van der Waals surface area contributed by atoms with E-state index in [1.165, 1.54) is 18.2 Å². The average molecular weight is 459 g/mol. The molecule has 31 heavy (non-hydrogen) atoms. The predicted molar refractivity (Wildman–Crippen MR) is 122 cm³/mol. The Morgan fingerprint density at radius 3 is 2.42 bits per heavy atom. The Balaban J connectivity index is 1.86. The molecule has 1 N–H and O–H groups in total. The van der Waals surface area contributed by atoms with Crippen LogP contribution in [0.15, 0.2) is 77.7 Å². The third-order valence-corrected chi connectivity index (χ3v) is 6.68. The summed E-state index contributed by atoms with van der Waals surface area (Å²) in [4.78, 5) is 12.8. The molecule has 6 nitrogen and oxygen atoms in total. The highest BCUT2D eigenvalue weighted by Crippen LogP contribution is 2.26. The Labute approximate surface area is 187 Å². The zero-order chi connectivity index (χ0) is 22.4. The maximum absolute atomic E-state index is 13.3. The number of rotatable bonds is 8. The van der Waals surface area contributed by atoms with E-state index < -0.39 is 22.5 Å². The van der Waals surface area contributed by atoms with Crippen LogP contribution < -0.4 is 14.4 Å². The molecule has 0 aliphatic carbocycles. The predicted octanol–water partition coefficient (Wildman–Crippen LogP) is 4.17. The van der Waals surface area contributed by atoms with E-state index in [0.29, 0.717) is 16.5 Å². The van der Waals surface area contributed by atoms with Crippen molar-refractivity contribution in [2.24, 2.45) is 0 Å². The molecule has 1 amide bonds. The Morgan fingerprint density at radius 2 is 1.74 bits per heavy atom. The zero-order valence-corrected chi connectivity index (χ0v) is 18.8. The highest BCUT2D eigenvalue weighted by molar-refractivity contribution is 7.92. The maximum Gasteiger partial charge on any atom is 0.264 e. The van der Waals surface area contributed by atoms with Crippen molar-refractivity contribution >= 4 is 33.2 Å². The topological polar surface area (TPSA) is 75.7 Å². The van der Waals surface area contributed by atoms with Gasteiger partial charge >= 0.3 is 0 Å². The second-order valence-corrected chi connectivity index (χ2v) is 9.19. The summed E-state index contributed by atoms with van der Waals surface area (Å²) in [5.74, 6) is 0.184. The van der Waals surface area contributed by atoms with E-state index in [-0.39, 0.29) is 11.4 Å². The SMILES string of the molecule is COc1ccccc1CNC(=O)CN(c1cccc(Cl)c1)S(=O)(=O)c1ccc(C)cc1. The summed E-state index contributed by atoms with van der Waals surface area (Å²) in [6.45, 7) is 1.68. The number of nitrogens with zero attached hydrogens (tertiary/aromatic N) is 1. The van der Waals surface area contributed by atoms with E-state index in [4.69, 9.17) is 16.3 Å². The number of sulfonamides is 1. The van der Waals surface area contributed by atoms with Crippen molar-refractivity contribution in [2.75, 3.05) is 18.0 Å². The van der Waals surface area contributed by atoms with Gasteiger partial charge in [-0.15, -0.1) is 0 Å². The number of hydrogen-bond acceptors (Lipinski definition) is 4. The Hall–Kier alpha value is -3.03. The van der Waals surface area contributed by atoms with Crippen LogP contribution in [0, 0.1) is 6.92 Å². The van der Waals surface area contributed by atoms with E-state index in [0.717, 1.165) is 15.4 Å². The van der Waals surface area contributed by atoms with Crippen LogP contribution in [0.25, 0.3) is 0 Å². The number of methoxy groups -OCH3 is 1. The van der Waals surface area contributed by atoms with Gasteiger partial charge in [-0.05, 0) is 43.3 Å². The molecule has 3 aromatic rings. The molecule has 0 aromatic heterocycles. The van der Waals surface area contributed by atoms with E-state index in [9.17, 15) is 13.2 Å². The molecule has 0 heterocycles. The molecule has 0 spiro atoms. The quantitative estimate of drug-likeness (QED) is 0.549. The summed E-state index contributed by atoms with van der Waals surface area (Å²) in [7, 11) is -2.44. The summed E-state index contributed by atoms with van der Waals surface area (Å²) >= 11 is 6.08. The van der Waals surface area contributed by atoms with E-state index in [1.54, 1.807) is 43.5 Å². The highest BCUT2D eigenvalue weighted by Gasteiger charge is 2.27.